The zero-order valence-corrected chi connectivity index (χ0v) is 13.6. The first kappa shape index (κ1) is 16.6. The molecule has 1 atom stereocenters. The van der Waals surface area contributed by atoms with E-state index in [1.165, 1.54) is 6.33 Å². The topological polar surface area (TPSA) is 115 Å². The van der Waals surface area contributed by atoms with E-state index in [2.05, 4.69) is 20.7 Å². The lowest BCUT2D eigenvalue weighted by molar-refractivity contribution is -0.125. The van der Waals surface area contributed by atoms with E-state index in [1.54, 1.807) is 35.9 Å². The Kier molecular flexibility index (Phi) is 4.73. The van der Waals surface area contributed by atoms with E-state index in [-0.39, 0.29) is 18.2 Å². The van der Waals surface area contributed by atoms with Crippen molar-refractivity contribution in [1.29, 1.82) is 0 Å². The van der Waals surface area contributed by atoms with Crippen molar-refractivity contribution in [3.05, 3.63) is 36.2 Å². The number of benzene rings is 1. The molecule has 2 N–H and O–H groups in total. The number of hydrogen-bond acceptors (Lipinski definition) is 6. The van der Waals surface area contributed by atoms with Crippen LogP contribution in [0.1, 0.15) is 23.7 Å². The van der Waals surface area contributed by atoms with Gasteiger partial charge >= 0.3 is 5.97 Å². The summed E-state index contributed by atoms with van der Waals surface area (Å²) in [5.41, 5.74) is 0.945. The van der Waals surface area contributed by atoms with E-state index in [4.69, 9.17) is 4.74 Å². The number of amides is 2. The van der Waals surface area contributed by atoms with E-state index in [0.29, 0.717) is 30.4 Å². The maximum absolute atomic E-state index is 12.2. The van der Waals surface area contributed by atoms with Crippen LogP contribution in [0.15, 0.2) is 30.6 Å². The highest BCUT2D eigenvalue weighted by atomic mass is 16.5. The summed E-state index contributed by atoms with van der Waals surface area (Å²) >= 11 is 0. The molecule has 0 aliphatic carbocycles. The van der Waals surface area contributed by atoms with Crippen molar-refractivity contribution in [2.75, 3.05) is 17.2 Å². The molecule has 2 aromatic rings. The lowest BCUT2D eigenvalue weighted by atomic mass is 10.0. The molecule has 1 aromatic carbocycles. The standard InChI is InChI=1S/C16H17N5O4/c1-2-25-15(24)10-3-5-12(6-4-10)19-13(22)7-11-8-21-16(17-9-18-21)20-14(11)23/h3-6,9,11H,2,7-8H2,1H3,(H,19,22)(H,17,18,20,23)/t11-/m0/s1. The molecule has 1 aliphatic rings. The lowest BCUT2D eigenvalue weighted by Crippen LogP contribution is -2.36. The predicted molar refractivity (Wildman–Crippen MR) is 87.8 cm³/mol. The van der Waals surface area contributed by atoms with Gasteiger partial charge in [0.15, 0.2) is 0 Å². The predicted octanol–water partition coefficient (Wildman–Crippen LogP) is 1.05. The van der Waals surface area contributed by atoms with Gasteiger partial charge in [0.05, 0.1) is 24.6 Å². The fourth-order valence-electron chi connectivity index (χ4n) is 2.50. The van der Waals surface area contributed by atoms with Gasteiger partial charge in [-0.05, 0) is 31.2 Å². The first-order valence-corrected chi connectivity index (χ1v) is 7.82. The second-order valence-corrected chi connectivity index (χ2v) is 5.50. The third-order valence-electron chi connectivity index (χ3n) is 3.73. The largest absolute Gasteiger partial charge is 0.462 e. The number of ether oxygens (including phenoxy) is 1. The second-order valence-electron chi connectivity index (χ2n) is 5.50. The summed E-state index contributed by atoms with van der Waals surface area (Å²) in [6, 6.07) is 6.37. The average molecular weight is 343 g/mol. The molecule has 25 heavy (non-hydrogen) atoms. The monoisotopic (exact) mass is 343 g/mol. The number of aromatic nitrogens is 3. The highest BCUT2D eigenvalue weighted by Gasteiger charge is 2.29. The second kappa shape index (κ2) is 7.12. The maximum atomic E-state index is 12.2. The minimum Gasteiger partial charge on any atom is -0.462 e. The van der Waals surface area contributed by atoms with E-state index < -0.39 is 11.9 Å². The number of anilines is 2. The molecule has 1 aromatic heterocycles. The summed E-state index contributed by atoms with van der Waals surface area (Å²) in [6.45, 7) is 2.33. The van der Waals surface area contributed by atoms with Crippen LogP contribution >= 0.6 is 0 Å². The molecule has 2 heterocycles. The van der Waals surface area contributed by atoms with Crippen molar-refractivity contribution < 1.29 is 19.1 Å². The summed E-state index contributed by atoms with van der Waals surface area (Å²) in [7, 11) is 0. The molecule has 130 valence electrons. The Hall–Kier alpha value is -3.23. The summed E-state index contributed by atoms with van der Waals surface area (Å²) < 4.78 is 6.45. The Labute approximate surface area is 143 Å². The molecule has 0 fully saturated rings. The van der Waals surface area contributed by atoms with Crippen LogP contribution in [0.2, 0.25) is 0 Å². The van der Waals surface area contributed by atoms with Crippen LogP contribution in [0.5, 0.6) is 0 Å². The number of carbonyl (C=O) groups excluding carboxylic acids is 3. The van der Waals surface area contributed by atoms with Gasteiger partial charge in [-0.2, -0.15) is 10.1 Å². The van der Waals surface area contributed by atoms with Crippen LogP contribution in [0, 0.1) is 5.92 Å². The normalized spacial score (nSPS) is 15.9. The minimum absolute atomic E-state index is 0.0186. The Balaban J connectivity index is 1.58. The van der Waals surface area contributed by atoms with Gasteiger partial charge in [-0.1, -0.05) is 0 Å². The maximum Gasteiger partial charge on any atom is 0.338 e. The van der Waals surface area contributed by atoms with Gasteiger partial charge in [0.1, 0.15) is 6.33 Å². The molecule has 1 aliphatic heterocycles. The van der Waals surface area contributed by atoms with Crippen molar-refractivity contribution in [1.82, 2.24) is 14.8 Å². The van der Waals surface area contributed by atoms with Gasteiger partial charge in [0, 0.05) is 12.1 Å². The first-order valence-electron chi connectivity index (χ1n) is 7.82. The first-order chi connectivity index (χ1) is 12.1. The van der Waals surface area contributed by atoms with Crippen molar-refractivity contribution in [3.63, 3.8) is 0 Å². The minimum atomic E-state index is -0.520. The molecule has 9 nitrogen and oxygen atoms in total. The Bertz CT molecular complexity index is 799. The van der Waals surface area contributed by atoms with Gasteiger partial charge in [-0.25, -0.2) is 9.48 Å². The Morgan fingerprint density at radius 3 is 2.84 bits per heavy atom. The van der Waals surface area contributed by atoms with Crippen molar-refractivity contribution >= 4 is 29.4 Å². The summed E-state index contributed by atoms with van der Waals surface area (Å²) in [4.78, 5) is 39.7. The number of nitrogens with zero attached hydrogens (tertiary/aromatic N) is 3. The van der Waals surface area contributed by atoms with Gasteiger partial charge in [0.2, 0.25) is 17.8 Å². The quantitative estimate of drug-likeness (QED) is 0.784. The number of nitrogens with one attached hydrogen (secondary N) is 2. The molecule has 3 rings (SSSR count). The van der Waals surface area contributed by atoms with Crippen molar-refractivity contribution in [3.8, 4) is 0 Å². The summed E-state index contributed by atoms with van der Waals surface area (Å²) in [6.07, 6.45) is 1.37. The lowest BCUT2D eigenvalue weighted by Gasteiger charge is -2.21. The van der Waals surface area contributed by atoms with Gasteiger partial charge in [-0.3, -0.25) is 14.9 Å². The number of carbonyl (C=O) groups is 3. The highest BCUT2D eigenvalue weighted by molar-refractivity contribution is 5.98. The number of rotatable bonds is 5. The Morgan fingerprint density at radius 2 is 2.12 bits per heavy atom. The molecular formula is C16H17N5O4. The molecule has 0 radical (unpaired) electrons. The van der Waals surface area contributed by atoms with Gasteiger partial charge in [0.25, 0.3) is 0 Å². The SMILES string of the molecule is CCOC(=O)c1ccc(NC(=O)C[C@H]2Cn3ncnc3NC2=O)cc1. The molecule has 0 spiro atoms. The van der Waals surface area contributed by atoms with E-state index in [9.17, 15) is 14.4 Å². The molecule has 0 saturated carbocycles. The Morgan fingerprint density at radius 1 is 1.36 bits per heavy atom. The van der Waals surface area contributed by atoms with E-state index >= 15 is 0 Å². The molecule has 9 heteroatoms. The summed E-state index contributed by atoms with van der Waals surface area (Å²) in [5.74, 6) is -1.10. The van der Waals surface area contributed by atoms with Crippen LogP contribution in [0.4, 0.5) is 11.6 Å². The van der Waals surface area contributed by atoms with Crippen LogP contribution in [-0.4, -0.2) is 39.2 Å². The zero-order valence-electron chi connectivity index (χ0n) is 13.6. The van der Waals surface area contributed by atoms with Gasteiger partial charge in [-0.15, -0.1) is 0 Å². The van der Waals surface area contributed by atoms with Crippen molar-refractivity contribution in [2.45, 2.75) is 19.9 Å². The fraction of sp³-hybridized carbons (Fsp3) is 0.312. The molecule has 0 bridgehead atoms. The third-order valence-corrected chi connectivity index (χ3v) is 3.73. The van der Waals surface area contributed by atoms with Crippen LogP contribution < -0.4 is 10.6 Å². The summed E-state index contributed by atoms with van der Waals surface area (Å²) in [5, 5.41) is 9.31. The highest BCUT2D eigenvalue weighted by Crippen LogP contribution is 2.19. The molecule has 0 unspecified atom stereocenters. The molecule has 0 saturated heterocycles. The van der Waals surface area contributed by atoms with Crippen LogP contribution in [-0.2, 0) is 20.9 Å². The molecular weight excluding hydrogens is 326 g/mol. The molecule has 2 amide bonds. The van der Waals surface area contributed by atoms with Crippen LogP contribution in [0.3, 0.4) is 0 Å². The van der Waals surface area contributed by atoms with E-state index in [0.717, 1.165) is 0 Å². The number of fused-ring (bicyclic) bond motifs is 1. The zero-order chi connectivity index (χ0) is 17.8. The average Bonchev–Trinajstić information content (AvgIpc) is 3.03. The third kappa shape index (κ3) is 3.82. The van der Waals surface area contributed by atoms with Gasteiger partial charge < -0.3 is 10.1 Å². The number of esters is 1. The smallest absolute Gasteiger partial charge is 0.338 e. The fourth-order valence-corrected chi connectivity index (χ4v) is 2.50. The van der Waals surface area contributed by atoms with E-state index in [1.807, 2.05) is 0 Å². The van der Waals surface area contributed by atoms with Crippen molar-refractivity contribution in [2.24, 2.45) is 5.92 Å². The van der Waals surface area contributed by atoms with Crippen LogP contribution in [0.25, 0.3) is 0 Å². The number of hydrogen-bond donors (Lipinski definition) is 2.